The maximum atomic E-state index is 12.4. The highest BCUT2D eigenvalue weighted by Gasteiger charge is 2.31. The molecule has 2 aromatic rings. The van der Waals surface area contributed by atoms with E-state index in [2.05, 4.69) is 10.1 Å². The molecule has 0 unspecified atom stereocenters. The molecule has 5 heteroatoms. The maximum Gasteiger partial charge on any atom is 0.573 e. The SMILES string of the molecule is CCc1ccccc1NCc1ccccc1OC(F)(F)F. The zero-order valence-electron chi connectivity index (χ0n) is 11.6. The van der Waals surface area contributed by atoms with Gasteiger partial charge in [-0.05, 0) is 24.1 Å². The van der Waals surface area contributed by atoms with Gasteiger partial charge in [-0.3, -0.25) is 0 Å². The van der Waals surface area contributed by atoms with Crippen LogP contribution in [0.1, 0.15) is 18.1 Å². The zero-order chi connectivity index (χ0) is 15.3. The largest absolute Gasteiger partial charge is 0.573 e. The van der Waals surface area contributed by atoms with Crippen molar-refractivity contribution < 1.29 is 17.9 Å². The predicted octanol–water partition coefficient (Wildman–Crippen LogP) is 4.76. The standard InChI is InChI=1S/C16H16F3NO/c1-2-12-7-3-5-9-14(12)20-11-13-8-4-6-10-15(13)21-16(17,18)19/h3-10,20H,2,11H2,1H3. The smallest absolute Gasteiger partial charge is 0.405 e. The van der Waals surface area contributed by atoms with E-state index >= 15 is 0 Å². The average molecular weight is 295 g/mol. The van der Waals surface area contributed by atoms with Crippen LogP contribution < -0.4 is 10.1 Å². The number of halogens is 3. The summed E-state index contributed by atoms with van der Waals surface area (Å²) < 4.78 is 41.1. The van der Waals surface area contributed by atoms with Crippen molar-refractivity contribution in [3.8, 4) is 5.75 Å². The molecule has 1 N–H and O–H groups in total. The molecule has 0 spiro atoms. The van der Waals surface area contributed by atoms with Crippen molar-refractivity contribution in [3.05, 3.63) is 59.7 Å². The number of aryl methyl sites for hydroxylation is 1. The van der Waals surface area contributed by atoms with Gasteiger partial charge < -0.3 is 10.1 Å². The van der Waals surface area contributed by atoms with Gasteiger partial charge in [0.2, 0.25) is 0 Å². The van der Waals surface area contributed by atoms with Gasteiger partial charge in [0.15, 0.2) is 0 Å². The number of benzene rings is 2. The molecule has 0 saturated carbocycles. The Balaban J connectivity index is 2.13. The van der Waals surface area contributed by atoms with Crippen LogP contribution in [0.15, 0.2) is 48.5 Å². The lowest BCUT2D eigenvalue weighted by atomic mass is 10.1. The van der Waals surface area contributed by atoms with Gasteiger partial charge in [0.1, 0.15) is 5.75 Å². The van der Waals surface area contributed by atoms with Crippen LogP contribution in [0.25, 0.3) is 0 Å². The lowest BCUT2D eigenvalue weighted by molar-refractivity contribution is -0.274. The van der Waals surface area contributed by atoms with Crippen LogP contribution in [0.3, 0.4) is 0 Å². The third kappa shape index (κ3) is 4.41. The summed E-state index contributed by atoms with van der Waals surface area (Å²) >= 11 is 0. The summed E-state index contributed by atoms with van der Waals surface area (Å²) in [7, 11) is 0. The molecule has 0 amide bonds. The van der Waals surface area contributed by atoms with Gasteiger partial charge in [0.05, 0.1) is 0 Å². The van der Waals surface area contributed by atoms with Crippen molar-refractivity contribution in [3.63, 3.8) is 0 Å². The molecule has 2 nitrogen and oxygen atoms in total. The van der Waals surface area contributed by atoms with Crippen molar-refractivity contribution in [2.75, 3.05) is 5.32 Å². The number of nitrogens with one attached hydrogen (secondary N) is 1. The van der Waals surface area contributed by atoms with Gasteiger partial charge in [0.25, 0.3) is 0 Å². The molecule has 0 aromatic heterocycles. The second kappa shape index (κ2) is 6.52. The van der Waals surface area contributed by atoms with Crippen molar-refractivity contribution in [2.24, 2.45) is 0 Å². The van der Waals surface area contributed by atoms with Crippen LogP contribution in [-0.2, 0) is 13.0 Å². The molecule has 0 heterocycles. The Kier molecular flexibility index (Phi) is 4.73. The zero-order valence-corrected chi connectivity index (χ0v) is 11.6. The minimum absolute atomic E-state index is 0.175. The van der Waals surface area contributed by atoms with E-state index in [-0.39, 0.29) is 12.3 Å². The molecule has 0 fully saturated rings. The molecule has 112 valence electrons. The second-order valence-corrected chi connectivity index (χ2v) is 4.52. The van der Waals surface area contributed by atoms with Crippen molar-refractivity contribution >= 4 is 5.69 Å². The van der Waals surface area contributed by atoms with Gasteiger partial charge in [-0.2, -0.15) is 0 Å². The lowest BCUT2D eigenvalue weighted by Gasteiger charge is -2.15. The summed E-state index contributed by atoms with van der Waals surface area (Å²) in [5.41, 5.74) is 2.49. The van der Waals surface area contributed by atoms with E-state index in [0.29, 0.717) is 5.56 Å². The van der Waals surface area contributed by atoms with E-state index < -0.39 is 6.36 Å². The van der Waals surface area contributed by atoms with E-state index in [1.165, 1.54) is 12.1 Å². The Morgan fingerprint density at radius 3 is 2.24 bits per heavy atom. The van der Waals surface area contributed by atoms with Crippen LogP contribution >= 0.6 is 0 Å². The molecule has 2 rings (SSSR count). The molecule has 21 heavy (non-hydrogen) atoms. The van der Waals surface area contributed by atoms with E-state index in [1.807, 2.05) is 31.2 Å². The van der Waals surface area contributed by atoms with Gasteiger partial charge in [-0.25, -0.2) is 0 Å². The molecule has 0 aliphatic heterocycles. The monoisotopic (exact) mass is 295 g/mol. The molecule has 0 aliphatic carbocycles. The molecule has 0 radical (unpaired) electrons. The van der Waals surface area contributed by atoms with E-state index in [9.17, 15) is 13.2 Å². The molecule has 2 aromatic carbocycles. The summed E-state index contributed by atoms with van der Waals surface area (Å²) in [6.45, 7) is 2.30. The average Bonchev–Trinajstić information content (AvgIpc) is 2.45. The van der Waals surface area contributed by atoms with Gasteiger partial charge >= 0.3 is 6.36 Å². The number of para-hydroxylation sites is 2. The summed E-state index contributed by atoms with van der Waals surface area (Å²) in [5.74, 6) is -0.175. The minimum Gasteiger partial charge on any atom is -0.405 e. The highest BCUT2D eigenvalue weighted by Crippen LogP contribution is 2.27. The fourth-order valence-electron chi connectivity index (χ4n) is 2.07. The Morgan fingerprint density at radius 2 is 1.57 bits per heavy atom. The molecule has 0 atom stereocenters. The van der Waals surface area contributed by atoms with Crippen LogP contribution in [-0.4, -0.2) is 6.36 Å². The first-order chi connectivity index (χ1) is 9.99. The van der Waals surface area contributed by atoms with E-state index in [0.717, 1.165) is 17.7 Å². The molecular weight excluding hydrogens is 279 g/mol. The summed E-state index contributed by atoms with van der Waals surface area (Å²) in [6.07, 6.45) is -3.83. The molecular formula is C16H16F3NO. The Bertz CT molecular complexity index is 596. The number of anilines is 1. The predicted molar refractivity (Wildman–Crippen MR) is 76.3 cm³/mol. The second-order valence-electron chi connectivity index (χ2n) is 4.52. The Labute approximate surface area is 121 Å². The first-order valence-electron chi connectivity index (χ1n) is 6.65. The summed E-state index contributed by atoms with van der Waals surface area (Å²) in [4.78, 5) is 0. The van der Waals surface area contributed by atoms with Crippen LogP contribution in [0.2, 0.25) is 0 Å². The Hall–Kier alpha value is -2.17. The van der Waals surface area contributed by atoms with Crippen LogP contribution in [0.4, 0.5) is 18.9 Å². The topological polar surface area (TPSA) is 21.3 Å². The Morgan fingerprint density at radius 1 is 0.952 bits per heavy atom. The summed E-state index contributed by atoms with van der Waals surface area (Å²) in [5, 5.41) is 3.16. The highest BCUT2D eigenvalue weighted by molar-refractivity contribution is 5.52. The van der Waals surface area contributed by atoms with Crippen molar-refractivity contribution in [1.29, 1.82) is 0 Å². The van der Waals surface area contributed by atoms with Crippen LogP contribution in [0, 0.1) is 0 Å². The number of alkyl halides is 3. The number of ether oxygens (including phenoxy) is 1. The fourth-order valence-corrected chi connectivity index (χ4v) is 2.07. The third-order valence-electron chi connectivity index (χ3n) is 3.07. The highest BCUT2D eigenvalue weighted by atomic mass is 19.4. The summed E-state index contributed by atoms with van der Waals surface area (Å²) in [6, 6.07) is 13.9. The number of hydrogen-bond acceptors (Lipinski definition) is 2. The minimum atomic E-state index is -4.68. The lowest BCUT2D eigenvalue weighted by Crippen LogP contribution is -2.18. The maximum absolute atomic E-state index is 12.4. The molecule has 0 bridgehead atoms. The van der Waals surface area contributed by atoms with Crippen molar-refractivity contribution in [2.45, 2.75) is 26.3 Å². The van der Waals surface area contributed by atoms with E-state index in [4.69, 9.17) is 0 Å². The van der Waals surface area contributed by atoms with Gasteiger partial charge in [-0.15, -0.1) is 13.2 Å². The number of rotatable bonds is 5. The quantitative estimate of drug-likeness (QED) is 0.858. The molecule has 0 saturated heterocycles. The van der Waals surface area contributed by atoms with Gasteiger partial charge in [-0.1, -0.05) is 43.3 Å². The van der Waals surface area contributed by atoms with Crippen molar-refractivity contribution in [1.82, 2.24) is 0 Å². The normalized spacial score (nSPS) is 11.2. The first kappa shape index (κ1) is 15.2. The molecule has 0 aliphatic rings. The first-order valence-corrected chi connectivity index (χ1v) is 6.65. The van der Waals surface area contributed by atoms with Crippen LogP contribution in [0.5, 0.6) is 5.75 Å². The van der Waals surface area contributed by atoms with E-state index in [1.54, 1.807) is 12.1 Å². The number of hydrogen-bond donors (Lipinski definition) is 1. The third-order valence-corrected chi connectivity index (χ3v) is 3.07. The van der Waals surface area contributed by atoms with Gasteiger partial charge in [0, 0.05) is 17.8 Å². The fraction of sp³-hybridized carbons (Fsp3) is 0.250.